The first-order valence-corrected chi connectivity index (χ1v) is 7.03. The van der Waals surface area contributed by atoms with Gasteiger partial charge in [-0.05, 0) is 44.9 Å². The van der Waals surface area contributed by atoms with E-state index in [1.807, 2.05) is 14.0 Å². The molecule has 1 atom stereocenters. The van der Waals surface area contributed by atoms with Crippen molar-refractivity contribution in [3.8, 4) is 0 Å². The van der Waals surface area contributed by atoms with E-state index in [-0.39, 0.29) is 0 Å². The van der Waals surface area contributed by atoms with Crippen LogP contribution in [0.15, 0.2) is 16.5 Å². The van der Waals surface area contributed by atoms with Crippen LogP contribution < -0.4 is 5.32 Å². The summed E-state index contributed by atoms with van der Waals surface area (Å²) in [5.74, 6) is 3.06. The lowest BCUT2D eigenvalue weighted by Crippen LogP contribution is -2.17. The van der Waals surface area contributed by atoms with E-state index in [9.17, 15) is 0 Å². The molecule has 1 aliphatic rings. The Morgan fingerprint density at radius 2 is 2.06 bits per heavy atom. The van der Waals surface area contributed by atoms with Gasteiger partial charge in [0.05, 0.1) is 6.04 Å². The van der Waals surface area contributed by atoms with E-state index < -0.39 is 0 Å². The molecule has 1 heterocycles. The fraction of sp³-hybridized carbons (Fsp3) is 0.733. The zero-order chi connectivity index (χ0) is 12.1. The lowest BCUT2D eigenvalue weighted by Gasteiger charge is -2.23. The molecule has 1 aromatic rings. The smallest absolute Gasteiger partial charge is 0.121 e. The number of hydrogen-bond acceptors (Lipinski definition) is 2. The molecule has 1 aliphatic carbocycles. The molecule has 1 unspecified atom stereocenters. The second kappa shape index (κ2) is 6.25. The number of rotatable bonds is 5. The first-order chi connectivity index (χ1) is 8.29. The normalized spacial score (nSPS) is 19.4. The molecule has 0 spiro atoms. The molecule has 0 aromatic carbocycles. The summed E-state index contributed by atoms with van der Waals surface area (Å²) < 4.78 is 5.71. The minimum atomic E-state index is 0.394. The number of nitrogens with one attached hydrogen (secondary N) is 1. The van der Waals surface area contributed by atoms with Crippen molar-refractivity contribution in [3.05, 3.63) is 23.7 Å². The first-order valence-electron chi connectivity index (χ1n) is 7.03. The van der Waals surface area contributed by atoms with Gasteiger partial charge in [-0.1, -0.05) is 32.1 Å². The van der Waals surface area contributed by atoms with Crippen LogP contribution in [0.4, 0.5) is 0 Å². The number of furan rings is 1. The Morgan fingerprint density at radius 1 is 1.29 bits per heavy atom. The van der Waals surface area contributed by atoms with E-state index in [1.165, 1.54) is 44.9 Å². The number of aryl methyl sites for hydroxylation is 1. The highest BCUT2D eigenvalue weighted by atomic mass is 16.3. The molecule has 17 heavy (non-hydrogen) atoms. The third kappa shape index (κ3) is 3.60. The molecule has 2 rings (SSSR count). The van der Waals surface area contributed by atoms with Crippen LogP contribution in [0.1, 0.15) is 62.5 Å². The molecule has 1 aromatic heterocycles. The summed E-state index contributed by atoms with van der Waals surface area (Å²) in [7, 11) is 2.03. The average Bonchev–Trinajstić information content (AvgIpc) is 2.78. The molecular formula is C15H25NO. The van der Waals surface area contributed by atoms with Crippen LogP contribution in [-0.4, -0.2) is 7.05 Å². The van der Waals surface area contributed by atoms with E-state index in [0.29, 0.717) is 6.04 Å². The molecule has 0 radical (unpaired) electrons. The Hall–Kier alpha value is -0.760. The summed E-state index contributed by atoms with van der Waals surface area (Å²) in [6.45, 7) is 2.01. The van der Waals surface area contributed by atoms with Gasteiger partial charge in [0.2, 0.25) is 0 Å². The van der Waals surface area contributed by atoms with Crippen molar-refractivity contribution in [2.45, 2.75) is 57.9 Å². The summed E-state index contributed by atoms with van der Waals surface area (Å²) in [5.41, 5.74) is 0. The third-order valence-corrected chi connectivity index (χ3v) is 4.04. The molecule has 0 bridgehead atoms. The van der Waals surface area contributed by atoms with Crippen LogP contribution in [0.3, 0.4) is 0 Å². The zero-order valence-electron chi connectivity index (χ0n) is 11.2. The summed E-state index contributed by atoms with van der Waals surface area (Å²) in [5, 5.41) is 3.38. The monoisotopic (exact) mass is 235 g/mol. The summed E-state index contributed by atoms with van der Waals surface area (Å²) >= 11 is 0. The van der Waals surface area contributed by atoms with Crippen LogP contribution in [0, 0.1) is 12.8 Å². The lowest BCUT2D eigenvalue weighted by molar-refractivity contribution is 0.304. The van der Waals surface area contributed by atoms with Gasteiger partial charge in [0.1, 0.15) is 11.5 Å². The van der Waals surface area contributed by atoms with Crippen molar-refractivity contribution in [3.63, 3.8) is 0 Å². The molecule has 2 heteroatoms. The van der Waals surface area contributed by atoms with Gasteiger partial charge in [-0.15, -0.1) is 0 Å². The minimum absolute atomic E-state index is 0.394. The van der Waals surface area contributed by atoms with Crippen molar-refractivity contribution >= 4 is 0 Å². The van der Waals surface area contributed by atoms with E-state index in [1.54, 1.807) is 0 Å². The van der Waals surface area contributed by atoms with Crippen molar-refractivity contribution < 1.29 is 4.42 Å². The summed E-state index contributed by atoms with van der Waals surface area (Å²) in [4.78, 5) is 0. The highest BCUT2D eigenvalue weighted by molar-refractivity contribution is 5.09. The molecule has 0 amide bonds. The molecule has 0 aliphatic heterocycles. The van der Waals surface area contributed by atoms with Crippen LogP contribution in [0.5, 0.6) is 0 Å². The van der Waals surface area contributed by atoms with Crippen molar-refractivity contribution in [1.29, 1.82) is 0 Å². The lowest BCUT2D eigenvalue weighted by atomic mass is 9.85. The van der Waals surface area contributed by atoms with Crippen LogP contribution in [-0.2, 0) is 0 Å². The van der Waals surface area contributed by atoms with E-state index in [2.05, 4.69) is 17.4 Å². The van der Waals surface area contributed by atoms with E-state index >= 15 is 0 Å². The van der Waals surface area contributed by atoms with Crippen molar-refractivity contribution in [2.75, 3.05) is 7.05 Å². The Balaban J connectivity index is 1.82. The molecule has 2 nitrogen and oxygen atoms in total. The second-order valence-corrected chi connectivity index (χ2v) is 5.37. The van der Waals surface area contributed by atoms with Crippen molar-refractivity contribution in [1.82, 2.24) is 5.32 Å². The van der Waals surface area contributed by atoms with Gasteiger partial charge in [-0.25, -0.2) is 0 Å². The van der Waals surface area contributed by atoms with E-state index in [0.717, 1.165) is 17.4 Å². The third-order valence-electron chi connectivity index (χ3n) is 4.04. The quantitative estimate of drug-likeness (QED) is 0.827. The van der Waals surface area contributed by atoms with Gasteiger partial charge in [-0.3, -0.25) is 0 Å². The van der Waals surface area contributed by atoms with Gasteiger partial charge in [-0.2, -0.15) is 0 Å². The molecule has 1 saturated carbocycles. The summed E-state index contributed by atoms with van der Waals surface area (Å²) in [6.07, 6.45) is 9.74. The van der Waals surface area contributed by atoms with Gasteiger partial charge < -0.3 is 9.73 Å². The molecule has 96 valence electrons. The van der Waals surface area contributed by atoms with Gasteiger partial charge in [0.15, 0.2) is 0 Å². The van der Waals surface area contributed by atoms with Crippen molar-refractivity contribution in [2.24, 2.45) is 5.92 Å². The van der Waals surface area contributed by atoms with Crippen LogP contribution >= 0.6 is 0 Å². The Labute approximate surface area is 105 Å². The maximum absolute atomic E-state index is 5.71. The first kappa shape index (κ1) is 12.7. The Morgan fingerprint density at radius 3 is 2.65 bits per heavy atom. The SMILES string of the molecule is CNC(CCC1CCCCC1)c1ccc(C)o1. The number of hydrogen-bond donors (Lipinski definition) is 1. The second-order valence-electron chi connectivity index (χ2n) is 5.37. The topological polar surface area (TPSA) is 25.2 Å². The minimum Gasteiger partial charge on any atom is -0.465 e. The maximum atomic E-state index is 5.71. The molecular weight excluding hydrogens is 210 g/mol. The fourth-order valence-electron chi connectivity index (χ4n) is 2.95. The van der Waals surface area contributed by atoms with Crippen LogP contribution in [0.2, 0.25) is 0 Å². The highest BCUT2D eigenvalue weighted by Gasteiger charge is 2.18. The Bertz CT molecular complexity index is 325. The van der Waals surface area contributed by atoms with E-state index in [4.69, 9.17) is 4.42 Å². The fourth-order valence-corrected chi connectivity index (χ4v) is 2.95. The predicted octanol–water partition coefficient (Wildman–Crippen LogP) is 4.21. The zero-order valence-corrected chi connectivity index (χ0v) is 11.2. The van der Waals surface area contributed by atoms with Gasteiger partial charge in [0.25, 0.3) is 0 Å². The summed E-state index contributed by atoms with van der Waals surface area (Å²) in [6, 6.07) is 4.56. The average molecular weight is 235 g/mol. The van der Waals surface area contributed by atoms with Gasteiger partial charge >= 0.3 is 0 Å². The predicted molar refractivity (Wildman–Crippen MR) is 71.1 cm³/mol. The molecule has 1 N–H and O–H groups in total. The maximum Gasteiger partial charge on any atom is 0.121 e. The van der Waals surface area contributed by atoms with Gasteiger partial charge in [0, 0.05) is 0 Å². The molecule has 1 fully saturated rings. The Kier molecular flexibility index (Phi) is 4.66. The standard InChI is InChI=1S/C15H25NO/c1-12-8-11-15(17-12)14(16-2)10-9-13-6-4-3-5-7-13/h8,11,13-14,16H,3-7,9-10H2,1-2H3. The van der Waals surface area contributed by atoms with Crippen LogP contribution in [0.25, 0.3) is 0 Å². The highest BCUT2D eigenvalue weighted by Crippen LogP contribution is 2.30. The largest absolute Gasteiger partial charge is 0.465 e. The molecule has 0 saturated heterocycles.